The number of anilines is 1. The molecule has 4 rings (SSSR count). The van der Waals surface area contributed by atoms with Gasteiger partial charge >= 0.3 is 5.69 Å². The Hall–Kier alpha value is -3.63. The Morgan fingerprint density at radius 3 is 2.48 bits per heavy atom. The van der Waals surface area contributed by atoms with Crippen LogP contribution in [0.15, 0.2) is 75.3 Å². The van der Waals surface area contributed by atoms with E-state index in [-0.39, 0.29) is 27.4 Å². The van der Waals surface area contributed by atoms with Crippen molar-refractivity contribution in [3.63, 3.8) is 0 Å². The van der Waals surface area contributed by atoms with Gasteiger partial charge in [0.15, 0.2) is 5.75 Å². The maximum absolute atomic E-state index is 13.0. The van der Waals surface area contributed by atoms with Crippen molar-refractivity contribution in [3.05, 3.63) is 86.7 Å². The molecule has 0 fully saturated rings. The fourth-order valence-electron chi connectivity index (χ4n) is 2.85. The van der Waals surface area contributed by atoms with Crippen LogP contribution in [0.3, 0.4) is 0 Å². The molecule has 0 unspecified atom stereocenters. The van der Waals surface area contributed by atoms with Gasteiger partial charge in [0, 0.05) is 13.2 Å². The Kier molecular flexibility index (Phi) is 5.25. The SMILES string of the molecule is Cn1c(=O)[nH]c(=O)c2cc(S(=O)(=O)Nc3ccccc3Oc3ccccc3Cl)cnc21. The van der Waals surface area contributed by atoms with Gasteiger partial charge < -0.3 is 4.74 Å². The molecule has 0 spiro atoms. The van der Waals surface area contributed by atoms with Gasteiger partial charge in [-0.05, 0) is 30.3 Å². The lowest BCUT2D eigenvalue weighted by atomic mass is 10.3. The molecule has 0 saturated heterocycles. The summed E-state index contributed by atoms with van der Waals surface area (Å²) in [4.78, 5) is 29.7. The number of fused-ring (bicyclic) bond motifs is 1. The minimum atomic E-state index is -4.14. The van der Waals surface area contributed by atoms with Crippen molar-refractivity contribution < 1.29 is 13.2 Å². The number of halogens is 1. The van der Waals surface area contributed by atoms with Crippen LogP contribution in [-0.4, -0.2) is 23.0 Å². The van der Waals surface area contributed by atoms with E-state index in [0.29, 0.717) is 10.8 Å². The largest absolute Gasteiger partial charge is 0.454 e. The van der Waals surface area contributed by atoms with E-state index in [2.05, 4.69) is 14.7 Å². The maximum atomic E-state index is 13.0. The number of aromatic amines is 1. The summed E-state index contributed by atoms with van der Waals surface area (Å²) in [5, 5.41) is 0.328. The molecule has 0 bridgehead atoms. The number of nitrogens with zero attached hydrogens (tertiary/aromatic N) is 2. The molecule has 158 valence electrons. The summed E-state index contributed by atoms with van der Waals surface area (Å²) in [6.45, 7) is 0. The molecule has 2 N–H and O–H groups in total. The lowest BCUT2D eigenvalue weighted by Gasteiger charge is -2.14. The predicted molar refractivity (Wildman–Crippen MR) is 116 cm³/mol. The molecule has 11 heteroatoms. The van der Waals surface area contributed by atoms with Gasteiger partial charge in [0.2, 0.25) is 0 Å². The highest BCUT2D eigenvalue weighted by Crippen LogP contribution is 2.34. The molecule has 0 amide bonds. The average Bonchev–Trinajstić information content (AvgIpc) is 2.74. The first kappa shape index (κ1) is 20.6. The third-order valence-electron chi connectivity index (χ3n) is 4.43. The van der Waals surface area contributed by atoms with Gasteiger partial charge in [-0.2, -0.15) is 0 Å². The summed E-state index contributed by atoms with van der Waals surface area (Å²) in [5.41, 5.74) is -1.15. The fourth-order valence-corrected chi connectivity index (χ4v) is 4.07. The molecule has 9 nitrogen and oxygen atoms in total. The molecule has 0 saturated carbocycles. The van der Waals surface area contributed by atoms with Crippen molar-refractivity contribution in [2.75, 3.05) is 4.72 Å². The minimum absolute atomic E-state index is 0.0365. The number of aromatic nitrogens is 3. The van der Waals surface area contributed by atoms with E-state index in [9.17, 15) is 18.0 Å². The molecule has 0 aliphatic heterocycles. The Morgan fingerprint density at radius 1 is 1.06 bits per heavy atom. The molecular weight excluding hydrogens is 444 g/mol. The Labute approximate surface area is 181 Å². The van der Waals surface area contributed by atoms with Crippen molar-refractivity contribution in [2.24, 2.45) is 7.05 Å². The van der Waals surface area contributed by atoms with Crippen LogP contribution in [0, 0.1) is 0 Å². The van der Waals surface area contributed by atoms with Gasteiger partial charge in [-0.15, -0.1) is 0 Å². The fraction of sp³-hybridized carbons (Fsp3) is 0.0500. The highest BCUT2D eigenvalue weighted by atomic mass is 35.5. The molecule has 0 atom stereocenters. The molecule has 2 aromatic carbocycles. The number of pyridine rings is 1. The third-order valence-corrected chi connectivity index (χ3v) is 6.07. The monoisotopic (exact) mass is 458 g/mol. The number of benzene rings is 2. The van der Waals surface area contributed by atoms with Crippen molar-refractivity contribution in [3.8, 4) is 11.5 Å². The number of aryl methyl sites for hydroxylation is 1. The van der Waals surface area contributed by atoms with Crippen LogP contribution < -0.4 is 20.7 Å². The number of para-hydroxylation sites is 3. The minimum Gasteiger partial charge on any atom is -0.454 e. The number of ether oxygens (including phenoxy) is 1. The van der Waals surface area contributed by atoms with Gasteiger partial charge in [0.25, 0.3) is 15.6 Å². The van der Waals surface area contributed by atoms with Crippen LogP contribution in [0.2, 0.25) is 5.02 Å². The molecule has 2 aromatic heterocycles. The Bertz CT molecular complexity index is 1530. The van der Waals surface area contributed by atoms with Crippen LogP contribution in [0.5, 0.6) is 11.5 Å². The number of hydrogen-bond donors (Lipinski definition) is 2. The van der Waals surface area contributed by atoms with E-state index in [1.807, 2.05) is 0 Å². The van der Waals surface area contributed by atoms with Crippen molar-refractivity contribution in [1.82, 2.24) is 14.5 Å². The topological polar surface area (TPSA) is 123 Å². The highest BCUT2D eigenvalue weighted by molar-refractivity contribution is 7.92. The van der Waals surface area contributed by atoms with E-state index in [4.69, 9.17) is 16.3 Å². The molecule has 0 aliphatic carbocycles. The van der Waals surface area contributed by atoms with Gasteiger partial charge in [0.1, 0.15) is 16.3 Å². The summed E-state index contributed by atoms with van der Waals surface area (Å²) < 4.78 is 35.3. The number of H-pyrrole nitrogens is 1. The maximum Gasteiger partial charge on any atom is 0.329 e. The predicted octanol–water partition coefficient (Wildman–Crippen LogP) is 2.87. The normalized spacial score (nSPS) is 11.4. The van der Waals surface area contributed by atoms with Gasteiger partial charge in [-0.1, -0.05) is 35.9 Å². The zero-order valence-electron chi connectivity index (χ0n) is 16.0. The first-order chi connectivity index (χ1) is 14.8. The number of nitrogens with one attached hydrogen (secondary N) is 2. The standard InChI is InChI=1S/C20H15ClN4O5S/c1-25-18-13(19(26)23-20(25)27)10-12(11-22-18)31(28,29)24-15-7-3-5-9-17(15)30-16-8-4-2-6-14(16)21/h2-11,24H,1H3,(H,23,26,27). The highest BCUT2D eigenvalue weighted by Gasteiger charge is 2.20. The Morgan fingerprint density at radius 2 is 1.74 bits per heavy atom. The number of rotatable bonds is 5. The Balaban J connectivity index is 1.73. The van der Waals surface area contributed by atoms with E-state index >= 15 is 0 Å². The van der Waals surface area contributed by atoms with Crippen LogP contribution in [0.4, 0.5) is 5.69 Å². The van der Waals surface area contributed by atoms with E-state index in [1.54, 1.807) is 42.5 Å². The summed E-state index contributed by atoms with van der Waals surface area (Å²) in [6, 6.07) is 14.4. The summed E-state index contributed by atoms with van der Waals surface area (Å²) in [7, 11) is -2.72. The van der Waals surface area contributed by atoms with E-state index < -0.39 is 21.3 Å². The average molecular weight is 459 g/mol. The molecule has 4 aromatic rings. The van der Waals surface area contributed by atoms with Crippen molar-refractivity contribution >= 4 is 38.3 Å². The van der Waals surface area contributed by atoms with Crippen molar-refractivity contribution in [1.29, 1.82) is 0 Å². The van der Waals surface area contributed by atoms with Crippen LogP contribution in [0.25, 0.3) is 11.0 Å². The second-order valence-corrected chi connectivity index (χ2v) is 8.58. The third kappa shape index (κ3) is 4.03. The number of hydrogen-bond acceptors (Lipinski definition) is 6. The molecule has 31 heavy (non-hydrogen) atoms. The number of sulfonamides is 1. The van der Waals surface area contributed by atoms with Gasteiger partial charge in [-0.3, -0.25) is 19.1 Å². The molecule has 2 heterocycles. The second-order valence-electron chi connectivity index (χ2n) is 6.49. The molecule has 0 radical (unpaired) electrons. The van der Waals surface area contributed by atoms with E-state index in [1.165, 1.54) is 13.1 Å². The first-order valence-electron chi connectivity index (χ1n) is 8.89. The van der Waals surface area contributed by atoms with Gasteiger partial charge in [0.05, 0.1) is 16.1 Å². The van der Waals surface area contributed by atoms with E-state index in [0.717, 1.165) is 16.8 Å². The quantitative estimate of drug-likeness (QED) is 0.474. The first-order valence-corrected chi connectivity index (χ1v) is 10.8. The lowest BCUT2D eigenvalue weighted by Crippen LogP contribution is -2.29. The van der Waals surface area contributed by atoms with Crippen LogP contribution in [-0.2, 0) is 17.1 Å². The van der Waals surface area contributed by atoms with Crippen LogP contribution in [0.1, 0.15) is 0 Å². The summed E-state index contributed by atoms with van der Waals surface area (Å²) >= 11 is 6.12. The van der Waals surface area contributed by atoms with Crippen LogP contribution >= 0.6 is 11.6 Å². The molecule has 0 aliphatic rings. The zero-order chi connectivity index (χ0) is 22.2. The smallest absolute Gasteiger partial charge is 0.329 e. The zero-order valence-corrected chi connectivity index (χ0v) is 17.6. The molecular formula is C20H15ClN4O5S. The second kappa shape index (κ2) is 7.89. The van der Waals surface area contributed by atoms with Gasteiger partial charge in [-0.25, -0.2) is 18.2 Å². The summed E-state index contributed by atoms with van der Waals surface area (Å²) in [5.74, 6) is 0.587. The summed E-state index contributed by atoms with van der Waals surface area (Å²) in [6.07, 6.45) is 1.07. The van der Waals surface area contributed by atoms with Crippen molar-refractivity contribution in [2.45, 2.75) is 4.90 Å². The lowest BCUT2D eigenvalue weighted by molar-refractivity contribution is 0.485.